The molecule has 0 unspecified atom stereocenters. The maximum absolute atomic E-state index is 12.8. The summed E-state index contributed by atoms with van der Waals surface area (Å²) in [5, 5.41) is 9.65. The minimum atomic E-state index is -1.34. The Morgan fingerprint density at radius 1 is 1.30 bits per heavy atom. The zero-order valence-corrected chi connectivity index (χ0v) is 23.2. The zero-order chi connectivity index (χ0) is 20.0. The molecule has 2 rings (SSSR count). The van der Waals surface area contributed by atoms with Gasteiger partial charge in [0.25, 0.3) is 0 Å². The van der Waals surface area contributed by atoms with Gasteiger partial charge in [0.2, 0.25) is 0 Å². The summed E-state index contributed by atoms with van der Waals surface area (Å²) in [4.78, 5) is 25.0. The summed E-state index contributed by atoms with van der Waals surface area (Å²) in [5.41, 5.74) is 0.434. The van der Waals surface area contributed by atoms with Gasteiger partial charge in [-0.1, -0.05) is 6.07 Å². The van der Waals surface area contributed by atoms with Gasteiger partial charge in [0, 0.05) is 0 Å². The van der Waals surface area contributed by atoms with Crippen molar-refractivity contribution in [2.75, 3.05) is 6.61 Å². The summed E-state index contributed by atoms with van der Waals surface area (Å²) < 4.78 is 11.9. The molecular formula is C20H27BrHgO5. The number of aliphatic hydroxyl groups is 1. The predicted molar refractivity (Wildman–Crippen MR) is 102 cm³/mol. The first-order valence-electron chi connectivity index (χ1n) is 9.51. The number of benzene rings is 1. The number of ketones is 1. The van der Waals surface area contributed by atoms with E-state index in [1.807, 2.05) is 13.0 Å². The van der Waals surface area contributed by atoms with Crippen molar-refractivity contribution in [2.24, 2.45) is 11.8 Å². The quantitative estimate of drug-likeness (QED) is 0.351. The van der Waals surface area contributed by atoms with Crippen LogP contribution in [0.2, 0.25) is 3.43 Å². The topological polar surface area (TPSA) is 72.8 Å². The fraction of sp³-hybridized carbons (Fsp3) is 0.600. The molecule has 7 heteroatoms. The van der Waals surface area contributed by atoms with Gasteiger partial charge in [-0.05, 0) is 0 Å². The Kier molecular flexibility index (Phi) is 9.39. The van der Waals surface area contributed by atoms with Gasteiger partial charge < -0.3 is 0 Å². The van der Waals surface area contributed by atoms with Crippen LogP contribution in [-0.4, -0.2) is 41.8 Å². The molecule has 1 fully saturated rings. The molecule has 0 aromatic heterocycles. The monoisotopic (exact) mass is 628 g/mol. The van der Waals surface area contributed by atoms with Crippen molar-refractivity contribution in [1.29, 1.82) is 0 Å². The van der Waals surface area contributed by atoms with Gasteiger partial charge in [0.1, 0.15) is 0 Å². The second-order valence-corrected chi connectivity index (χ2v) is 18.4. The molecule has 1 N–H and O–H groups in total. The van der Waals surface area contributed by atoms with Gasteiger partial charge in [-0.15, -0.1) is 0 Å². The number of halogens is 1. The average molecular weight is 628 g/mol. The molecule has 1 aliphatic heterocycles. The van der Waals surface area contributed by atoms with Crippen LogP contribution < -0.4 is 0 Å². The summed E-state index contributed by atoms with van der Waals surface area (Å²) in [7, 11) is 0. The van der Waals surface area contributed by atoms with Crippen molar-refractivity contribution in [3.8, 4) is 0 Å². The zero-order valence-electron chi connectivity index (χ0n) is 16.1. The molecule has 0 spiro atoms. The molecule has 6 atom stereocenters. The number of aliphatic hydroxyl groups excluding tert-OH is 1. The first-order valence-corrected chi connectivity index (χ1v) is 24.6. The van der Waals surface area contributed by atoms with Crippen molar-refractivity contribution < 1.29 is 46.3 Å². The number of ether oxygens (including phenoxy) is 2. The minimum absolute atomic E-state index is 0.00668. The van der Waals surface area contributed by atoms with E-state index >= 15 is 0 Å². The molecule has 0 saturated carbocycles. The Bertz CT molecular complexity index is 622. The van der Waals surface area contributed by atoms with E-state index in [9.17, 15) is 14.7 Å². The Labute approximate surface area is 178 Å². The summed E-state index contributed by atoms with van der Waals surface area (Å²) in [6, 6.07) is 8.68. The van der Waals surface area contributed by atoms with E-state index in [4.69, 9.17) is 9.47 Å². The van der Waals surface area contributed by atoms with E-state index in [-0.39, 0.29) is 33.9 Å². The fourth-order valence-corrected chi connectivity index (χ4v) is 11.9. The van der Waals surface area contributed by atoms with Crippen LogP contribution in [0.5, 0.6) is 0 Å². The fourth-order valence-electron chi connectivity index (χ4n) is 3.59. The van der Waals surface area contributed by atoms with E-state index in [1.54, 1.807) is 31.2 Å². The van der Waals surface area contributed by atoms with Crippen molar-refractivity contribution in [1.82, 2.24) is 0 Å². The maximum atomic E-state index is 12.8. The second-order valence-electron chi connectivity index (χ2n) is 7.40. The second kappa shape index (κ2) is 11.0. The molecule has 0 radical (unpaired) electrons. The molecule has 1 aliphatic rings. The first-order chi connectivity index (χ1) is 12.9. The molecule has 1 heterocycles. The van der Waals surface area contributed by atoms with Gasteiger partial charge in [-0.3, -0.25) is 0 Å². The van der Waals surface area contributed by atoms with Gasteiger partial charge in [0.15, 0.2) is 0 Å². The van der Waals surface area contributed by atoms with Gasteiger partial charge >= 0.3 is 174 Å². The predicted octanol–water partition coefficient (Wildman–Crippen LogP) is 3.79. The molecule has 0 bridgehead atoms. The number of hydrogen-bond donors (Lipinski definition) is 1. The Balaban J connectivity index is 1.98. The Morgan fingerprint density at radius 3 is 2.56 bits per heavy atom. The molecule has 0 amide bonds. The van der Waals surface area contributed by atoms with E-state index in [0.29, 0.717) is 11.5 Å². The van der Waals surface area contributed by atoms with Crippen LogP contribution in [0.1, 0.15) is 44.0 Å². The van der Waals surface area contributed by atoms with Crippen LogP contribution in [0.4, 0.5) is 0 Å². The third-order valence-electron chi connectivity index (χ3n) is 5.40. The van der Waals surface area contributed by atoms with Crippen LogP contribution in [-0.2, 0) is 36.4 Å². The van der Waals surface area contributed by atoms with Gasteiger partial charge in [0.05, 0.1) is 0 Å². The molecule has 27 heavy (non-hydrogen) atoms. The number of Topliss-reactive ketones (excluding diaryl/α,β-unsaturated/α-hetero) is 1. The first kappa shape index (κ1) is 23.0. The number of hydrogen-bond acceptors (Lipinski definition) is 5. The number of carbonyl (C=O) groups is 2. The molecular weight excluding hydrogens is 601 g/mol. The Morgan fingerprint density at radius 2 is 1.96 bits per heavy atom. The number of carbonyl (C=O) groups excluding carboxylic acids is 2. The molecule has 1 saturated heterocycles. The third kappa shape index (κ3) is 6.08. The summed E-state index contributed by atoms with van der Waals surface area (Å²) in [5.74, 6) is -0.591. The average Bonchev–Trinajstić information content (AvgIpc) is 2.69. The van der Waals surface area contributed by atoms with Gasteiger partial charge in [-0.2, -0.15) is 0 Å². The van der Waals surface area contributed by atoms with Crippen molar-refractivity contribution in [3.05, 3.63) is 35.9 Å². The van der Waals surface area contributed by atoms with Gasteiger partial charge in [-0.25, -0.2) is 0 Å². The van der Waals surface area contributed by atoms with E-state index in [0.717, 1.165) is 12.8 Å². The summed E-state index contributed by atoms with van der Waals surface area (Å²) in [6.07, 6.45) is 0.771. The van der Waals surface area contributed by atoms with Crippen LogP contribution in [0.15, 0.2) is 30.3 Å². The standard InChI is InChI=1S/C20H27O5.BrH.Hg/c1-13-9-10-18(25-17(13)11-12-21)14(2)19(22)15(3)24-20(23)16-7-5-4-6-8-16;;/h4-8,11,13-15,17-18,21H,9-10,12H2,1-3H3;1H;/q;;+1/p-1/t13-,14-,15+,17+,18-;;/m0../s1. The number of rotatable bonds is 8. The molecule has 0 aliphatic carbocycles. The molecule has 146 valence electrons. The number of esters is 1. The Hall–Kier alpha value is -0.305. The summed E-state index contributed by atoms with van der Waals surface area (Å²) >= 11 is 2.32. The van der Waals surface area contributed by atoms with E-state index in [1.165, 1.54) is 0 Å². The van der Waals surface area contributed by atoms with Crippen LogP contribution in [0, 0.1) is 11.8 Å². The van der Waals surface area contributed by atoms with E-state index in [2.05, 4.69) is 18.8 Å². The van der Waals surface area contributed by atoms with Crippen LogP contribution in [0.25, 0.3) is 0 Å². The van der Waals surface area contributed by atoms with Crippen molar-refractivity contribution in [3.63, 3.8) is 0 Å². The van der Waals surface area contributed by atoms with Crippen LogP contribution >= 0.6 is 11.9 Å². The molecule has 1 aromatic rings. The summed E-state index contributed by atoms with van der Waals surface area (Å²) in [6.45, 7) is 5.76. The van der Waals surface area contributed by atoms with E-state index < -0.39 is 34.2 Å². The third-order valence-corrected chi connectivity index (χ3v) is 17.0. The SMILES string of the molecule is C[C@H](C(=O)[C@@H](C)OC(=O)c1ccccc1)[C@@H]1CC[C@H](C)[C@@H]([C@H](CO)[Hg][Br])O1. The van der Waals surface area contributed by atoms with Crippen LogP contribution in [0.3, 0.4) is 0 Å². The molecule has 1 aromatic carbocycles. The molecule has 5 nitrogen and oxygen atoms in total. The normalized spacial score (nSPS) is 25.7. The van der Waals surface area contributed by atoms with Crippen molar-refractivity contribution in [2.45, 2.75) is 55.4 Å². The van der Waals surface area contributed by atoms with Crippen molar-refractivity contribution >= 4 is 23.7 Å².